The fourth-order valence-corrected chi connectivity index (χ4v) is 1.56. The summed E-state index contributed by atoms with van der Waals surface area (Å²) < 4.78 is 0. The van der Waals surface area contributed by atoms with Gasteiger partial charge in [0.05, 0.1) is 0 Å². The molecule has 0 heterocycles. The number of aliphatic carboxylic acids is 1. The number of hydrogen-bond donors (Lipinski definition) is 3. The number of carbonyl (C=O) groups is 2. The smallest absolute Gasteiger partial charge is 0.326 e. The third-order valence-corrected chi connectivity index (χ3v) is 2.75. The summed E-state index contributed by atoms with van der Waals surface area (Å²) >= 11 is 0. The Morgan fingerprint density at radius 2 is 1.94 bits per heavy atom. The Balaban J connectivity index is 2.87. The van der Waals surface area contributed by atoms with Gasteiger partial charge in [0.15, 0.2) is 0 Å². The highest BCUT2D eigenvalue weighted by Crippen LogP contribution is 2.13. The molecule has 0 unspecified atom stereocenters. The number of carboxylic acids is 1. The van der Waals surface area contributed by atoms with Gasteiger partial charge >= 0.3 is 5.97 Å². The lowest BCUT2D eigenvalue weighted by Gasteiger charge is -2.18. The number of amides is 1. The van der Waals surface area contributed by atoms with Crippen LogP contribution in [0, 0.1) is 12.8 Å². The van der Waals surface area contributed by atoms with Crippen molar-refractivity contribution in [3.05, 3.63) is 29.3 Å². The minimum Gasteiger partial charge on any atom is -0.480 e. The van der Waals surface area contributed by atoms with Crippen molar-refractivity contribution in [1.29, 1.82) is 0 Å². The van der Waals surface area contributed by atoms with Crippen LogP contribution >= 0.6 is 0 Å². The molecule has 1 aromatic rings. The van der Waals surface area contributed by atoms with Gasteiger partial charge in [-0.2, -0.15) is 0 Å². The van der Waals surface area contributed by atoms with Crippen LogP contribution in [0.15, 0.2) is 18.2 Å². The van der Waals surface area contributed by atoms with Gasteiger partial charge in [-0.1, -0.05) is 13.8 Å². The van der Waals surface area contributed by atoms with E-state index in [1.807, 2.05) is 0 Å². The van der Waals surface area contributed by atoms with Crippen molar-refractivity contribution >= 4 is 17.6 Å². The average molecular weight is 250 g/mol. The maximum Gasteiger partial charge on any atom is 0.326 e. The van der Waals surface area contributed by atoms with Crippen molar-refractivity contribution in [3.8, 4) is 0 Å². The first-order valence-electron chi connectivity index (χ1n) is 5.72. The van der Waals surface area contributed by atoms with Crippen LogP contribution in [0.5, 0.6) is 0 Å². The lowest BCUT2D eigenvalue weighted by Crippen LogP contribution is -2.44. The van der Waals surface area contributed by atoms with Gasteiger partial charge in [-0.15, -0.1) is 0 Å². The number of aryl methyl sites for hydroxylation is 1. The number of anilines is 1. The van der Waals surface area contributed by atoms with Gasteiger partial charge in [0.25, 0.3) is 5.91 Å². The fraction of sp³-hybridized carbons (Fsp3) is 0.385. The molecule has 4 N–H and O–H groups in total. The summed E-state index contributed by atoms with van der Waals surface area (Å²) in [6, 6.07) is 3.96. The van der Waals surface area contributed by atoms with Crippen LogP contribution in [0.2, 0.25) is 0 Å². The number of hydrogen-bond acceptors (Lipinski definition) is 3. The van der Waals surface area contributed by atoms with E-state index in [0.717, 1.165) is 5.56 Å². The summed E-state index contributed by atoms with van der Waals surface area (Å²) in [5.74, 6) is -1.62. The predicted octanol–water partition coefficient (Wildman–Crippen LogP) is 1.42. The first-order valence-corrected chi connectivity index (χ1v) is 5.72. The monoisotopic (exact) mass is 250 g/mol. The Morgan fingerprint density at radius 3 is 2.39 bits per heavy atom. The third-order valence-electron chi connectivity index (χ3n) is 2.75. The quantitative estimate of drug-likeness (QED) is 0.704. The van der Waals surface area contributed by atoms with Crippen molar-refractivity contribution in [2.24, 2.45) is 5.92 Å². The van der Waals surface area contributed by atoms with Crippen LogP contribution in [0.25, 0.3) is 0 Å². The summed E-state index contributed by atoms with van der Waals surface area (Å²) in [4.78, 5) is 22.9. The number of nitrogen functional groups attached to an aromatic ring is 1. The van der Waals surface area contributed by atoms with Gasteiger partial charge in [0.2, 0.25) is 0 Å². The highest BCUT2D eigenvalue weighted by atomic mass is 16.4. The molecule has 1 amide bonds. The SMILES string of the molecule is Cc1cc(C(=O)N[C@@H](C(=O)O)C(C)C)ccc1N. The summed E-state index contributed by atoms with van der Waals surface area (Å²) in [5.41, 5.74) is 7.46. The summed E-state index contributed by atoms with van der Waals surface area (Å²) in [6.07, 6.45) is 0. The van der Waals surface area contributed by atoms with E-state index in [-0.39, 0.29) is 5.92 Å². The van der Waals surface area contributed by atoms with Crippen LogP contribution in [0.4, 0.5) is 5.69 Å². The largest absolute Gasteiger partial charge is 0.480 e. The minimum atomic E-state index is -1.04. The minimum absolute atomic E-state index is 0.179. The Bertz CT molecular complexity index is 469. The second kappa shape index (κ2) is 5.53. The maximum absolute atomic E-state index is 11.9. The maximum atomic E-state index is 11.9. The topological polar surface area (TPSA) is 92.4 Å². The third kappa shape index (κ3) is 3.23. The molecule has 0 radical (unpaired) electrons. The van der Waals surface area contributed by atoms with Crippen LogP contribution < -0.4 is 11.1 Å². The fourth-order valence-electron chi connectivity index (χ4n) is 1.56. The van der Waals surface area contributed by atoms with Crippen LogP contribution in [-0.4, -0.2) is 23.0 Å². The predicted molar refractivity (Wildman–Crippen MR) is 69.3 cm³/mol. The average Bonchev–Trinajstić information content (AvgIpc) is 2.28. The van der Waals surface area contributed by atoms with Gasteiger partial charge in [0.1, 0.15) is 6.04 Å². The van der Waals surface area contributed by atoms with E-state index >= 15 is 0 Å². The van der Waals surface area contributed by atoms with Gasteiger partial charge in [-0.05, 0) is 36.6 Å². The van der Waals surface area contributed by atoms with Gasteiger partial charge < -0.3 is 16.2 Å². The van der Waals surface area contributed by atoms with E-state index in [4.69, 9.17) is 10.8 Å². The van der Waals surface area contributed by atoms with E-state index in [2.05, 4.69) is 5.32 Å². The molecule has 0 aliphatic heterocycles. The van der Waals surface area contributed by atoms with E-state index in [9.17, 15) is 9.59 Å². The van der Waals surface area contributed by atoms with Crippen LogP contribution in [-0.2, 0) is 4.79 Å². The molecule has 1 aromatic carbocycles. The van der Waals surface area contributed by atoms with E-state index < -0.39 is 17.9 Å². The summed E-state index contributed by atoms with van der Waals surface area (Å²) in [6.45, 7) is 5.28. The van der Waals surface area contributed by atoms with E-state index in [1.165, 1.54) is 0 Å². The van der Waals surface area contributed by atoms with Crippen molar-refractivity contribution in [2.45, 2.75) is 26.8 Å². The standard InChI is InChI=1S/C13H18N2O3/c1-7(2)11(13(17)18)15-12(16)9-4-5-10(14)8(3)6-9/h4-7,11H,14H2,1-3H3,(H,15,16)(H,17,18)/t11-/m1/s1. The van der Waals surface area contributed by atoms with Gasteiger partial charge in [0, 0.05) is 11.3 Å². The molecule has 5 heteroatoms. The zero-order chi connectivity index (χ0) is 13.9. The molecule has 18 heavy (non-hydrogen) atoms. The number of carboxylic acid groups (broad SMARTS) is 1. The zero-order valence-corrected chi connectivity index (χ0v) is 10.7. The second-order valence-corrected chi connectivity index (χ2v) is 4.60. The molecular formula is C13H18N2O3. The Kier molecular flexibility index (Phi) is 4.31. The molecule has 0 spiro atoms. The lowest BCUT2D eigenvalue weighted by atomic mass is 10.0. The first kappa shape index (κ1) is 14.0. The van der Waals surface area contributed by atoms with Crippen molar-refractivity contribution in [3.63, 3.8) is 0 Å². The van der Waals surface area contributed by atoms with Gasteiger partial charge in [-0.3, -0.25) is 4.79 Å². The lowest BCUT2D eigenvalue weighted by molar-refractivity contribution is -0.140. The molecule has 0 fully saturated rings. The van der Waals surface area contributed by atoms with Crippen molar-refractivity contribution in [2.75, 3.05) is 5.73 Å². The van der Waals surface area contributed by atoms with Gasteiger partial charge in [-0.25, -0.2) is 4.79 Å². The number of benzene rings is 1. The highest BCUT2D eigenvalue weighted by molar-refractivity contribution is 5.97. The van der Waals surface area contributed by atoms with E-state index in [1.54, 1.807) is 39.0 Å². The molecule has 1 atom stereocenters. The highest BCUT2D eigenvalue weighted by Gasteiger charge is 2.23. The first-order chi connectivity index (χ1) is 8.32. The molecular weight excluding hydrogens is 232 g/mol. The van der Waals surface area contributed by atoms with E-state index in [0.29, 0.717) is 11.3 Å². The molecule has 0 bridgehead atoms. The molecule has 0 aliphatic rings. The molecule has 5 nitrogen and oxygen atoms in total. The van der Waals surface area contributed by atoms with Crippen molar-refractivity contribution < 1.29 is 14.7 Å². The number of rotatable bonds is 4. The van der Waals surface area contributed by atoms with Crippen molar-refractivity contribution in [1.82, 2.24) is 5.32 Å². The number of nitrogens with one attached hydrogen (secondary N) is 1. The normalized spacial score (nSPS) is 12.2. The molecule has 0 aromatic heterocycles. The molecule has 0 saturated carbocycles. The number of nitrogens with two attached hydrogens (primary N) is 1. The number of carbonyl (C=O) groups excluding carboxylic acids is 1. The molecule has 1 rings (SSSR count). The van der Waals surface area contributed by atoms with Crippen LogP contribution in [0.3, 0.4) is 0 Å². The summed E-state index contributed by atoms with van der Waals surface area (Å²) in [5, 5.41) is 11.5. The van der Waals surface area contributed by atoms with Crippen LogP contribution in [0.1, 0.15) is 29.8 Å². The Hall–Kier alpha value is -2.04. The summed E-state index contributed by atoms with van der Waals surface area (Å²) in [7, 11) is 0. The molecule has 0 aliphatic carbocycles. The molecule has 98 valence electrons. The second-order valence-electron chi connectivity index (χ2n) is 4.60. The Morgan fingerprint density at radius 1 is 1.33 bits per heavy atom. The zero-order valence-electron chi connectivity index (χ0n) is 10.7. The Labute approximate surface area is 106 Å². The molecule has 0 saturated heterocycles.